The summed E-state index contributed by atoms with van der Waals surface area (Å²) in [5.74, 6) is 0.0631. The second kappa shape index (κ2) is 14.5. The zero-order valence-corrected chi connectivity index (χ0v) is 29.8. The number of rotatable bonds is 8. The number of thiophene rings is 1. The minimum absolute atomic E-state index is 0.00322. The summed E-state index contributed by atoms with van der Waals surface area (Å²) in [6, 6.07) is 9.58. The molecule has 2 bridgehead atoms. The van der Waals surface area contributed by atoms with Gasteiger partial charge in [-0.3, -0.25) is 4.79 Å². The molecule has 5 atom stereocenters. The summed E-state index contributed by atoms with van der Waals surface area (Å²) >= 11 is 1.20. The number of nitrogens with zero attached hydrogens (tertiary/aromatic N) is 1. The van der Waals surface area contributed by atoms with Gasteiger partial charge in [0.25, 0.3) is 10.0 Å². The van der Waals surface area contributed by atoms with Crippen molar-refractivity contribution in [3.05, 3.63) is 64.1 Å². The number of allylic oxidation sites excluding steroid dienone is 2. The van der Waals surface area contributed by atoms with Gasteiger partial charge in [-0.2, -0.15) is 4.31 Å². The van der Waals surface area contributed by atoms with Crippen LogP contribution in [0.3, 0.4) is 0 Å². The third kappa shape index (κ3) is 7.36. The van der Waals surface area contributed by atoms with Gasteiger partial charge in [0.05, 0.1) is 17.8 Å². The Labute approximate surface area is 285 Å². The maximum atomic E-state index is 14.3. The number of carbonyl (C=O) groups excluding carboxylic acids is 1. The van der Waals surface area contributed by atoms with E-state index in [1.807, 2.05) is 6.07 Å². The standard InChI is InChI=1S/C38H53NO6S2/c1-27-9-6-19-37(2)34(32-17-15-28(23-30(40)16-14-27)24-33(32)36(41)29-10-4-3-5-11-29)18-20-38(37,42)26-39(25-31-12-7-21-45-31)47(43,44)35-13-8-22-46-35/h8-9,13,15,17,22,24,29-31,34,40,42H,3-7,10-12,14,16,18-21,23,25-26H2,1-2H3/t30-,31+,34-,37-,38+/m0/s1. The van der Waals surface area contributed by atoms with Crippen molar-refractivity contribution in [2.75, 3.05) is 19.7 Å². The summed E-state index contributed by atoms with van der Waals surface area (Å²) in [4.78, 5) is 14.3. The van der Waals surface area contributed by atoms with Crippen LogP contribution in [0.4, 0.5) is 0 Å². The first-order valence-electron chi connectivity index (χ1n) is 17.9. The lowest BCUT2D eigenvalue weighted by Gasteiger charge is -2.46. The molecule has 47 heavy (non-hydrogen) atoms. The third-order valence-corrected chi connectivity index (χ3v) is 15.1. The molecule has 9 heteroatoms. The highest BCUT2D eigenvalue weighted by Gasteiger charge is 2.58. The van der Waals surface area contributed by atoms with E-state index >= 15 is 0 Å². The van der Waals surface area contributed by atoms with Crippen molar-refractivity contribution in [3.63, 3.8) is 0 Å². The first-order valence-corrected chi connectivity index (χ1v) is 20.2. The average molecular weight is 684 g/mol. The Morgan fingerprint density at radius 3 is 2.60 bits per heavy atom. The Bertz CT molecular complexity index is 1520. The Morgan fingerprint density at radius 1 is 1.06 bits per heavy atom. The van der Waals surface area contributed by atoms with Crippen LogP contribution in [0.5, 0.6) is 0 Å². The molecule has 2 heterocycles. The van der Waals surface area contributed by atoms with Gasteiger partial charge in [-0.05, 0) is 112 Å². The zero-order valence-electron chi connectivity index (χ0n) is 28.2. The summed E-state index contributed by atoms with van der Waals surface area (Å²) < 4.78 is 36.0. The Hall–Kier alpha value is -1.88. The van der Waals surface area contributed by atoms with E-state index in [0.717, 1.165) is 68.1 Å². The molecule has 2 N–H and O–H groups in total. The molecular formula is C38H53NO6S2. The van der Waals surface area contributed by atoms with Crippen LogP contribution in [0.25, 0.3) is 0 Å². The number of Topliss-reactive ketones (excluding diaryl/α,β-unsaturated/α-hetero) is 1. The summed E-state index contributed by atoms with van der Waals surface area (Å²) in [5, 5.41) is 25.6. The maximum absolute atomic E-state index is 14.3. The van der Waals surface area contributed by atoms with E-state index in [4.69, 9.17) is 4.74 Å². The molecule has 2 aromatic rings. The molecule has 5 aliphatic rings. The van der Waals surface area contributed by atoms with Crippen molar-refractivity contribution in [2.24, 2.45) is 11.3 Å². The van der Waals surface area contributed by atoms with Crippen LogP contribution >= 0.6 is 11.3 Å². The number of carbonyl (C=O) groups is 1. The van der Waals surface area contributed by atoms with Gasteiger partial charge in [0.1, 0.15) is 4.21 Å². The van der Waals surface area contributed by atoms with Crippen molar-refractivity contribution < 1.29 is 28.2 Å². The monoisotopic (exact) mass is 683 g/mol. The van der Waals surface area contributed by atoms with Crippen molar-refractivity contribution in [2.45, 2.75) is 132 Å². The predicted molar refractivity (Wildman–Crippen MR) is 186 cm³/mol. The van der Waals surface area contributed by atoms with Gasteiger partial charge in [-0.1, -0.05) is 56.0 Å². The smallest absolute Gasteiger partial charge is 0.252 e. The second-order valence-electron chi connectivity index (χ2n) is 15.0. The summed E-state index contributed by atoms with van der Waals surface area (Å²) in [6.45, 7) is 5.06. The Morgan fingerprint density at radius 2 is 1.87 bits per heavy atom. The first-order chi connectivity index (χ1) is 22.5. The van der Waals surface area contributed by atoms with Crippen molar-refractivity contribution >= 4 is 27.1 Å². The average Bonchev–Trinajstić information content (AvgIpc) is 3.83. The fourth-order valence-corrected chi connectivity index (χ4v) is 11.6. The van der Waals surface area contributed by atoms with Crippen LogP contribution in [-0.2, 0) is 21.2 Å². The van der Waals surface area contributed by atoms with E-state index in [1.54, 1.807) is 17.5 Å². The van der Waals surface area contributed by atoms with Gasteiger partial charge >= 0.3 is 0 Å². The largest absolute Gasteiger partial charge is 0.393 e. The number of ketones is 1. The number of hydrogen-bond acceptors (Lipinski definition) is 7. The fourth-order valence-electron chi connectivity index (χ4n) is 8.89. The minimum Gasteiger partial charge on any atom is -0.393 e. The molecule has 7 nitrogen and oxygen atoms in total. The highest BCUT2D eigenvalue weighted by atomic mass is 32.2. The van der Waals surface area contributed by atoms with E-state index in [9.17, 15) is 23.4 Å². The Kier molecular flexibility index (Phi) is 10.8. The van der Waals surface area contributed by atoms with Crippen molar-refractivity contribution in [3.8, 4) is 0 Å². The van der Waals surface area contributed by atoms with Crippen LogP contribution in [0.15, 0.2) is 51.6 Å². The fraction of sp³-hybridized carbons (Fsp3) is 0.658. The number of sulfonamides is 1. The number of aliphatic hydroxyl groups is 2. The molecule has 0 unspecified atom stereocenters. The number of aliphatic hydroxyl groups excluding tert-OH is 1. The van der Waals surface area contributed by atoms with Gasteiger partial charge in [0.2, 0.25) is 0 Å². The third-order valence-electron chi connectivity index (χ3n) is 11.9. The molecule has 7 rings (SSSR count). The summed E-state index contributed by atoms with van der Waals surface area (Å²) in [5.41, 5.74) is 1.88. The van der Waals surface area contributed by atoms with Gasteiger partial charge in [-0.15, -0.1) is 11.3 Å². The summed E-state index contributed by atoms with van der Waals surface area (Å²) in [6.07, 6.45) is 12.8. The van der Waals surface area contributed by atoms with Gasteiger partial charge in [0.15, 0.2) is 5.78 Å². The van der Waals surface area contributed by atoms with E-state index in [2.05, 4.69) is 32.1 Å². The second-order valence-corrected chi connectivity index (χ2v) is 18.1. The first kappa shape index (κ1) is 35.0. The molecule has 1 aromatic carbocycles. The van der Waals surface area contributed by atoms with Crippen LogP contribution in [0.1, 0.15) is 125 Å². The molecule has 2 saturated carbocycles. The molecule has 258 valence electrons. The summed E-state index contributed by atoms with van der Waals surface area (Å²) in [7, 11) is -3.86. The predicted octanol–water partition coefficient (Wildman–Crippen LogP) is 7.42. The van der Waals surface area contributed by atoms with Crippen LogP contribution < -0.4 is 0 Å². The van der Waals surface area contributed by atoms with Crippen LogP contribution in [0, 0.1) is 11.3 Å². The SMILES string of the molecule is CC1=CCC[C@@]2(C)[C@@H](CC[C@@]2(O)CN(C[C@H]2CCCO2)S(=O)(=O)c2cccs2)c2ccc(cc2C(=O)C2CCCCC2)C[C@@H](O)CC1. The molecular weight excluding hydrogens is 631 g/mol. The topological polar surface area (TPSA) is 104 Å². The minimum atomic E-state index is -3.86. The lowest BCUT2D eigenvalue weighted by molar-refractivity contribution is -0.0754. The molecule has 1 aliphatic heterocycles. The van der Waals surface area contributed by atoms with Gasteiger partial charge in [0, 0.05) is 36.6 Å². The molecule has 1 saturated heterocycles. The van der Waals surface area contributed by atoms with Crippen molar-refractivity contribution in [1.82, 2.24) is 4.31 Å². The lowest BCUT2D eigenvalue weighted by Crippen LogP contribution is -2.54. The lowest BCUT2D eigenvalue weighted by atomic mass is 9.64. The molecule has 1 aromatic heterocycles. The number of benzene rings is 1. The van der Waals surface area contributed by atoms with E-state index in [1.165, 1.54) is 27.6 Å². The van der Waals surface area contributed by atoms with Gasteiger partial charge < -0.3 is 14.9 Å². The number of fused-ring (bicyclic) bond motifs is 8. The quantitative estimate of drug-likeness (QED) is 0.222. The molecule has 3 fully saturated rings. The zero-order chi connectivity index (χ0) is 33.2. The van der Waals surface area contributed by atoms with E-state index < -0.39 is 27.1 Å². The van der Waals surface area contributed by atoms with Crippen LogP contribution in [0.2, 0.25) is 0 Å². The molecule has 0 spiro atoms. The molecule has 0 radical (unpaired) electrons. The Balaban J connectivity index is 1.42. The van der Waals surface area contributed by atoms with Crippen molar-refractivity contribution in [1.29, 1.82) is 0 Å². The highest BCUT2D eigenvalue weighted by Crippen LogP contribution is 2.59. The van der Waals surface area contributed by atoms with E-state index in [-0.39, 0.29) is 41.0 Å². The maximum Gasteiger partial charge on any atom is 0.252 e. The molecule has 4 aliphatic carbocycles. The van der Waals surface area contributed by atoms with Gasteiger partial charge in [-0.25, -0.2) is 8.42 Å². The number of hydrogen-bond donors (Lipinski definition) is 2. The number of ether oxygens (including phenoxy) is 1. The van der Waals surface area contributed by atoms with E-state index in [0.29, 0.717) is 38.7 Å². The highest BCUT2D eigenvalue weighted by molar-refractivity contribution is 7.91. The van der Waals surface area contributed by atoms with Crippen LogP contribution in [-0.4, -0.2) is 66.2 Å². The molecule has 0 amide bonds. The normalized spacial score (nSPS) is 31.1.